The van der Waals surface area contributed by atoms with E-state index in [0.29, 0.717) is 19.4 Å². The second-order valence-electron chi connectivity index (χ2n) is 5.33. The number of fused-ring (bicyclic) bond motifs is 1. The van der Waals surface area contributed by atoms with Crippen molar-refractivity contribution in [2.45, 2.75) is 19.4 Å². The summed E-state index contributed by atoms with van der Waals surface area (Å²) in [5.41, 5.74) is 2.18. The van der Waals surface area contributed by atoms with Gasteiger partial charge in [-0.1, -0.05) is 24.3 Å². The van der Waals surface area contributed by atoms with Crippen molar-refractivity contribution in [2.75, 3.05) is 7.05 Å². The number of benzene rings is 1. The molecule has 0 bridgehead atoms. The summed E-state index contributed by atoms with van der Waals surface area (Å²) in [6.45, 7) is 0.658. The minimum Gasteiger partial charge on any atom is -0.341 e. The van der Waals surface area contributed by atoms with Crippen molar-refractivity contribution in [3.63, 3.8) is 0 Å². The number of hydrogen-bond acceptors (Lipinski definition) is 3. The maximum absolute atomic E-state index is 12.3. The summed E-state index contributed by atoms with van der Waals surface area (Å²) in [4.78, 5) is 18.3. The highest BCUT2D eigenvalue weighted by molar-refractivity contribution is 7.17. The van der Waals surface area contributed by atoms with Crippen LogP contribution in [0.25, 0.3) is 10.1 Å². The van der Waals surface area contributed by atoms with E-state index in [1.54, 1.807) is 22.4 Å². The van der Waals surface area contributed by atoms with Gasteiger partial charge in [-0.05, 0) is 40.9 Å². The lowest BCUT2D eigenvalue weighted by atomic mass is 10.1. The van der Waals surface area contributed by atoms with Crippen molar-refractivity contribution < 1.29 is 4.79 Å². The van der Waals surface area contributed by atoms with Crippen LogP contribution in [0.15, 0.2) is 54.0 Å². The standard InChI is InChI=1S/C18H18N2OS/c1-20(18(21)10-9-15-6-4-5-11-19-15)12-14-13-22-17-8-3-2-7-16(14)17/h2-8,11,13H,9-10,12H2,1H3. The normalized spacial score (nSPS) is 10.8. The average Bonchev–Trinajstić information content (AvgIpc) is 2.97. The van der Waals surface area contributed by atoms with Crippen LogP contribution in [-0.4, -0.2) is 22.8 Å². The van der Waals surface area contributed by atoms with Crippen LogP contribution < -0.4 is 0 Å². The van der Waals surface area contributed by atoms with Gasteiger partial charge in [-0.15, -0.1) is 11.3 Å². The molecule has 3 rings (SSSR count). The molecule has 4 heteroatoms. The lowest BCUT2D eigenvalue weighted by Gasteiger charge is -2.16. The van der Waals surface area contributed by atoms with Gasteiger partial charge >= 0.3 is 0 Å². The first-order valence-electron chi connectivity index (χ1n) is 7.33. The number of amides is 1. The molecule has 0 spiro atoms. The van der Waals surface area contributed by atoms with E-state index in [1.165, 1.54) is 15.6 Å². The molecule has 0 saturated heterocycles. The summed E-state index contributed by atoms with van der Waals surface area (Å²) in [5, 5.41) is 3.39. The Morgan fingerprint density at radius 3 is 2.82 bits per heavy atom. The van der Waals surface area contributed by atoms with Crippen LogP contribution in [0.4, 0.5) is 0 Å². The molecule has 1 aromatic carbocycles. The summed E-state index contributed by atoms with van der Waals surface area (Å²) < 4.78 is 1.27. The molecule has 0 unspecified atom stereocenters. The zero-order valence-electron chi connectivity index (χ0n) is 12.5. The van der Waals surface area contributed by atoms with E-state index in [1.807, 2.05) is 37.4 Å². The molecule has 2 aromatic heterocycles. The third kappa shape index (κ3) is 3.34. The van der Waals surface area contributed by atoms with Gasteiger partial charge in [-0.2, -0.15) is 0 Å². The smallest absolute Gasteiger partial charge is 0.223 e. The van der Waals surface area contributed by atoms with Gasteiger partial charge in [0.2, 0.25) is 5.91 Å². The zero-order chi connectivity index (χ0) is 15.4. The van der Waals surface area contributed by atoms with Gasteiger partial charge in [-0.3, -0.25) is 9.78 Å². The Morgan fingerprint density at radius 1 is 1.18 bits per heavy atom. The van der Waals surface area contributed by atoms with Gasteiger partial charge in [-0.25, -0.2) is 0 Å². The first-order valence-corrected chi connectivity index (χ1v) is 8.21. The van der Waals surface area contributed by atoms with Crippen LogP contribution in [0, 0.1) is 0 Å². The number of aryl methyl sites for hydroxylation is 1. The Kier molecular flexibility index (Phi) is 4.49. The summed E-state index contributed by atoms with van der Waals surface area (Å²) in [6.07, 6.45) is 2.95. The van der Waals surface area contributed by atoms with E-state index in [9.17, 15) is 4.79 Å². The van der Waals surface area contributed by atoms with E-state index in [-0.39, 0.29) is 5.91 Å². The van der Waals surface area contributed by atoms with Crippen molar-refractivity contribution in [2.24, 2.45) is 0 Å². The highest BCUT2D eigenvalue weighted by atomic mass is 32.1. The van der Waals surface area contributed by atoms with E-state index < -0.39 is 0 Å². The van der Waals surface area contributed by atoms with Crippen LogP contribution in [0.1, 0.15) is 17.7 Å². The van der Waals surface area contributed by atoms with E-state index in [0.717, 1.165) is 5.69 Å². The molecule has 0 aliphatic carbocycles. The highest BCUT2D eigenvalue weighted by Gasteiger charge is 2.12. The topological polar surface area (TPSA) is 33.2 Å². The molecule has 3 nitrogen and oxygen atoms in total. The highest BCUT2D eigenvalue weighted by Crippen LogP contribution is 2.26. The Bertz CT molecular complexity index is 767. The van der Waals surface area contributed by atoms with Gasteiger partial charge in [0.05, 0.1) is 0 Å². The second-order valence-corrected chi connectivity index (χ2v) is 6.24. The van der Waals surface area contributed by atoms with Crippen LogP contribution >= 0.6 is 11.3 Å². The number of thiophene rings is 1. The number of aromatic nitrogens is 1. The summed E-state index contributed by atoms with van der Waals surface area (Å²) in [6, 6.07) is 14.1. The van der Waals surface area contributed by atoms with Gasteiger partial charge in [0, 0.05) is 36.6 Å². The van der Waals surface area contributed by atoms with Crippen molar-refractivity contribution >= 4 is 27.3 Å². The lowest BCUT2D eigenvalue weighted by molar-refractivity contribution is -0.130. The number of hydrogen-bond donors (Lipinski definition) is 0. The molecule has 22 heavy (non-hydrogen) atoms. The minimum atomic E-state index is 0.154. The number of pyridine rings is 1. The maximum atomic E-state index is 12.3. The Morgan fingerprint density at radius 2 is 2.00 bits per heavy atom. The number of nitrogens with zero attached hydrogens (tertiary/aromatic N) is 2. The maximum Gasteiger partial charge on any atom is 0.223 e. The predicted molar refractivity (Wildman–Crippen MR) is 90.9 cm³/mol. The third-order valence-corrected chi connectivity index (χ3v) is 4.73. The lowest BCUT2D eigenvalue weighted by Crippen LogP contribution is -2.26. The monoisotopic (exact) mass is 310 g/mol. The average molecular weight is 310 g/mol. The molecule has 1 amide bonds. The van der Waals surface area contributed by atoms with Crippen LogP contribution in [0.2, 0.25) is 0 Å². The fourth-order valence-corrected chi connectivity index (χ4v) is 3.42. The largest absolute Gasteiger partial charge is 0.341 e. The summed E-state index contributed by atoms with van der Waals surface area (Å²) in [7, 11) is 1.87. The molecule has 3 aromatic rings. The Balaban J connectivity index is 1.61. The van der Waals surface area contributed by atoms with Crippen LogP contribution in [-0.2, 0) is 17.8 Å². The summed E-state index contributed by atoms with van der Waals surface area (Å²) in [5.74, 6) is 0.154. The Hall–Kier alpha value is -2.20. The van der Waals surface area contributed by atoms with Gasteiger partial charge in [0.25, 0.3) is 0 Å². The van der Waals surface area contributed by atoms with Crippen molar-refractivity contribution in [3.8, 4) is 0 Å². The van der Waals surface area contributed by atoms with Crippen molar-refractivity contribution in [3.05, 3.63) is 65.3 Å². The zero-order valence-corrected chi connectivity index (χ0v) is 13.3. The molecule has 2 heterocycles. The summed E-state index contributed by atoms with van der Waals surface area (Å²) >= 11 is 1.73. The first-order chi connectivity index (χ1) is 10.7. The second kappa shape index (κ2) is 6.71. The number of rotatable bonds is 5. The van der Waals surface area contributed by atoms with E-state index in [4.69, 9.17) is 0 Å². The molecular weight excluding hydrogens is 292 g/mol. The molecule has 0 radical (unpaired) electrons. The molecule has 0 aliphatic rings. The fourth-order valence-electron chi connectivity index (χ4n) is 2.47. The van der Waals surface area contributed by atoms with Gasteiger partial charge in [0.1, 0.15) is 0 Å². The number of carbonyl (C=O) groups excluding carboxylic acids is 1. The molecule has 0 N–H and O–H groups in total. The predicted octanol–water partition coefficient (Wildman–Crippen LogP) is 3.89. The fraction of sp³-hybridized carbons (Fsp3) is 0.222. The molecule has 0 saturated carbocycles. The van der Waals surface area contributed by atoms with E-state index in [2.05, 4.69) is 22.5 Å². The molecule has 0 atom stereocenters. The number of carbonyl (C=O) groups is 1. The molecule has 0 aliphatic heterocycles. The van der Waals surface area contributed by atoms with Crippen molar-refractivity contribution in [1.82, 2.24) is 9.88 Å². The molecule has 112 valence electrons. The van der Waals surface area contributed by atoms with Gasteiger partial charge in [0.15, 0.2) is 0 Å². The minimum absolute atomic E-state index is 0.154. The van der Waals surface area contributed by atoms with E-state index >= 15 is 0 Å². The Labute approximate surface area is 134 Å². The SMILES string of the molecule is CN(Cc1csc2ccccc12)C(=O)CCc1ccccn1. The first kappa shape index (κ1) is 14.7. The van der Waals surface area contributed by atoms with Crippen molar-refractivity contribution in [1.29, 1.82) is 0 Å². The molecule has 0 fully saturated rings. The molecular formula is C18H18N2OS. The van der Waals surface area contributed by atoms with Crippen LogP contribution in [0.5, 0.6) is 0 Å². The quantitative estimate of drug-likeness (QED) is 0.716. The van der Waals surface area contributed by atoms with Gasteiger partial charge < -0.3 is 4.90 Å². The van der Waals surface area contributed by atoms with Crippen LogP contribution in [0.3, 0.4) is 0 Å². The third-order valence-electron chi connectivity index (χ3n) is 3.72.